The maximum Gasteiger partial charge on any atom is 0.410 e. The topological polar surface area (TPSA) is 252 Å². The van der Waals surface area contributed by atoms with E-state index in [-0.39, 0.29) is 62.6 Å². The summed E-state index contributed by atoms with van der Waals surface area (Å²) in [6.45, 7) is 9.71. The van der Waals surface area contributed by atoms with Crippen LogP contribution in [0.3, 0.4) is 0 Å². The summed E-state index contributed by atoms with van der Waals surface area (Å²) in [5.41, 5.74) is 0.983. The fourth-order valence-corrected chi connectivity index (χ4v) is 12.3. The molecular formula is C53H67N9O12S2. The van der Waals surface area contributed by atoms with Crippen LogP contribution in [0.1, 0.15) is 89.5 Å². The molecule has 1 unspecified atom stereocenters. The van der Waals surface area contributed by atoms with Gasteiger partial charge in [0.2, 0.25) is 31.8 Å². The van der Waals surface area contributed by atoms with Gasteiger partial charge in [0.05, 0.1) is 33.4 Å². The molecule has 0 spiro atoms. The SMILES string of the molecule is COc1ccc(CN(Cc2ccc(OC)cc2)S(=O)(=O)c2c(S(=O)(=O)N[C@@H]3CCN(C(=O)OC(C)(C)C)C3)ccc(C3=CC(NC(=O)CNC(=O)OC(C)(C)C)CCC3)c2-c2nnn(Cc3ccc(OC)cc3)n2)cc1. The van der Waals surface area contributed by atoms with Crippen molar-refractivity contribution in [2.24, 2.45) is 0 Å². The average molecular weight is 1090 g/mol. The van der Waals surface area contributed by atoms with E-state index in [4.69, 9.17) is 28.8 Å². The highest BCUT2D eigenvalue weighted by molar-refractivity contribution is 7.92. The lowest BCUT2D eigenvalue weighted by Gasteiger charge is -2.28. The van der Waals surface area contributed by atoms with Gasteiger partial charge in [0.1, 0.15) is 44.8 Å². The van der Waals surface area contributed by atoms with Gasteiger partial charge in [0.25, 0.3) is 0 Å². The summed E-state index contributed by atoms with van der Waals surface area (Å²) in [6, 6.07) is 22.2. The molecule has 2 aliphatic rings. The highest BCUT2D eigenvalue weighted by Crippen LogP contribution is 2.42. The predicted octanol–water partition coefficient (Wildman–Crippen LogP) is 6.67. The number of carbonyl (C=O) groups excluding carboxylic acids is 3. The Kier molecular flexibility index (Phi) is 17.8. The monoisotopic (exact) mass is 1090 g/mol. The first kappa shape index (κ1) is 56.6. The zero-order valence-corrected chi connectivity index (χ0v) is 45.9. The van der Waals surface area contributed by atoms with Crippen molar-refractivity contribution in [2.75, 3.05) is 41.0 Å². The molecule has 5 aromatic rings. The Hall–Kier alpha value is -7.08. The number of tetrazole rings is 1. The number of hydrogen-bond donors (Lipinski definition) is 3. The van der Waals surface area contributed by atoms with E-state index in [2.05, 4.69) is 25.7 Å². The fraction of sp³-hybridized carbons (Fsp3) is 0.434. The summed E-state index contributed by atoms with van der Waals surface area (Å²) >= 11 is 0. The summed E-state index contributed by atoms with van der Waals surface area (Å²) in [6.07, 6.45) is 2.01. The molecule has 1 saturated heterocycles. The number of nitrogens with one attached hydrogen (secondary N) is 3. The number of hydrogen-bond acceptors (Lipinski definition) is 15. The zero-order valence-electron chi connectivity index (χ0n) is 44.3. The smallest absolute Gasteiger partial charge is 0.410 e. The highest BCUT2D eigenvalue weighted by atomic mass is 32.2. The van der Waals surface area contributed by atoms with Crippen LogP contribution in [0, 0.1) is 0 Å². The van der Waals surface area contributed by atoms with Crippen LogP contribution in [-0.4, -0.2) is 129 Å². The fourth-order valence-electron chi connectivity index (χ4n) is 8.67. The number of methoxy groups -OCH3 is 3. The van der Waals surface area contributed by atoms with Crippen LogP contribution in [0.2, 0.25) is 0 Å². The standard InChI is InChI=1S/C53H67N9O12S2/c1-52(2,3)73-50(64)54-30-46(63)55-39-12-10-11-38(29-39)44-25-26-45(75(66,67)58-40-27-28-60(34-40)51(65)74-53(4,5)6)48(47(44)49-56-59-62(57-49)33-37-17-23-43(72-9)24-18-37)76(68,69)61(31-35-13-19-41(70-7)20-14-35)32-36-15-21-42(71-8)22-16-36/h13-26,29,39-40,58H,10-12,27-28,30-34H2,1-9H3,(H,54,64)(H,55,63)/t39?,40-/m1/s1. The second-order valence-electron chi connectivity index (χ2n) is 20.4. The van der Waals surface area contributed by atoms with Crippen molar-refractivity contribution in [1.82, 2.24) is 44.8 Å². The molecule has 2 heterocycles. The Bertz CT molecular complexity index is 3070. The number of benzene rings is 4. The number of aromatic nitrogens is 4. The van der Waals surface area contributed by atoms with Gasteiger partial charge in [-0.3, -0.25) is 4.79 Å². The second-order valence-corrected chi connectivity index (χ2v) is 24.0. The van der Waals surface area contributed by atoms with Gasteiger partial charge in [0, 0.05) is 38.3 Å². The molecule has 0 radical (unpaired) electrons. The molecule has 1 fully saturated rings. The van der Waals surface area contributed by atoms with Gasteiger partial charge in [-0.25, -0.2) is 31.1 Å². The van der Waals surface area contributed by atoms with Crippen LogP contribution >= 0.6 is 0 Å². The molecule has 23 heteroatoms. The molecule has 76 heavy (non-hydrogen) atoms. The van der Waals surface area contributed by atoms with Crippen LogP contribution in [0.15, 0.2) is 101 Å². The van der Waals surface area contributed by atoms with E-state index in [1.807, 2.05) is 12.1 Å². The van der Waals surface area contributed by atoms with Crippen LogP contribution in [0.25, 0.3) is 17.0 Å². The molecule has 1 aliphatic heterocycles. The maximum absolute atomic E-state index is 16.3. The van der Waals surface area contributed by atoms with Gasteiger partial charge < -0.3 is 39.2 Å². The molecule has 0 bridgehead atoms. The predicted molar refractivity (Wildman–Crippen MR) is 282 cm³/mol. The number of allylic oxidation sites excluding steroid dienone is 1. The van der Waals surface area contributed by atoms with E-state index < -0.39 is 71.2 Å². The van der Waals surface area contributed by atoms with Crippen molar-refractivity contribution in [1.29, 1.82) is 0 Å². The molecule has 21 nitrogen and oxygen atoms in total. The number of amides is 3. The average Bonchev–Trinajstić information content (AvgIpc) is 4.05. The molecule has 2 atom stereocenters. The summed E-state index contributed by atoms with van der Waals surface area (Å²) in [5, 5.41) is 19.0. The largest absolute Gasteiger partial charge is 0.497 e. The Labute approximate surface area is 444 Å². The third-order valence-electron chi connectivity index (χ3n) is 12.2. The Balaban J connectivity index is 1.41. The molecule has 3 amide bonds. The van der Waals surface area contributed by atoms with E-state index >= 15 is 16.8 Å². The van der Waals surface area contributed by atoms with Gasteiger partial charge in [-0.1, -0.05) is 48.5 Å². The normalized spacial score (nSPS) is 16.2. The van der Waals surface area contributed by atoms with Gasteiger partial charge in [-0.2, -0.15) is 9.10 Å². The highest BCUT2D eigenvalue weighted by Gasteiger charge is 2.40. The van der Waals surface area contributed by atoms with Crippen molar-refractivity contribution in [2.45, 2.75) is 120 Å². The lowest BCUT2D eigenvalue weighted by molar-refractivity contribution is -0.120. The molecule has 7 rings (SSSR count). The Morgan fingerprint density at radius 3 is 1.86 bits per heavy atom. The molecule has 1 aromatic heterocycles. The van der Waals surface area contributed by atoms with Gasteiger partial charge in [-0.05, 0) is 143 Å². The molecular weight excluding hydrogens is 1020 g/mol. The second kappa shape index (κ2) is 23.9. The molecule has 0 saturated carbocycles. The summed E-state index contributed by atoms with van der Waals surface area (Å²) in [7, 11) is -5.21. The van der Waals surface area contributed by atoms with Gasteiger partial charge in [-0.15, -0.1) is 10.2 Å². The summed E-state index contributed by atoms with van der Waals surface area (Å²) in [4.78, 5) is 40.3. The number of nitrogens with zero attached hydrogens (tertiary/aromatic N) is 6. The van der Waals surface area contributed by atoms with Crippen molar-refractivity contribution >= 4 is 43.7 Å². The van der Waals surface area contributed by atoms with Crippen LogP contribution in [0.5, 0.6) is 17.2 Å². The van der Waals surface area contributed by atoms with E-state index in [1.54, 1.807) is 115 Å². The third kappa shape index (κ3) is 14.9. The van der Waals surface area contributed by atoms with Gasteiger partial charge >= 0.3 is 12.2 Å². The van der Waals surface area contributed by atoms with Crippen molar-refractivity contribution in [3.63, 3.8) is 0 Å². The lowest BCUT2D eigenvalue weighted by Crippen LogP contribution is -2.43. The van der Waals surface area contributed by atoms with Crippen molar-refractivity contribution in [3.8, 4) is 28.6 Å². The first-order valence-corrected chi connectivity index (χ1v) is 27.7. The minimum atomic E-state index is -4.99. The zero-order chi connectivity index (χ0) is 55.0. The van der Waals surface area contributed by atoms with Crippen LogP contribution in [-0.2, 0) is 53.9 Å². The van der Waals surface area contributed by atoms with E-state index in [0.29, 0.717) is 53.2 Å². The Morgan fingerprint density at radius 2 is 1.30 bits per heavy atom. The van der Waals surface area contributed by atoms with Crippen molar-refractivity contribution < 1.29 is 54.9 Å². The first-order valence-electron chi connectivity index (χ1n) is 24.7. The van der Waals surface area contributed by atoms with E-state index in [0.717, 1.165) is 5.56 Å². The summed E-state index contributed by atoms with van der Waals surface area (Å²) in [5.74, 6) is 1.01. The third-order valence-corrected chi connectivity index (χ3v) is 15.8. The minimum Gasteiger partial charge on any atom is -0.497 e. The first-order chi connectivity index (χ1) is 35.9. The minimum absolute atomic E-state index is 0.0449. The Morgan fingerprint density at radius 1 is 0.737 bits per heavy atom. The van der Waals surface area contributed by atoms with Gasteiger partial charge in [0.15, 0.2) is 0 Å². The molecule has 1 aliphatic carbocycles. The maximum atomic E-state index is 16.3. The molecule has 3 N–H and O–H groups in total. The number of carbonyl (C=O) groups is 3. The van der Waals surface area contributed by atoms with Crippen LogP contribution in [0.4, 0.5) is 9.59 Å². The van der Waals surface area contributed by atoms with Crippen LogP contribution < -0.4 is 29.6 Å². The van der Waals surface area contributed by atoms with E-state index in [1.165, 1.54) is 40.4 Å². The molecule has 4 aromatic carbocycles. The number of alkyl carbamates (subject to hydrolysis) is 1. The van der Waals surface area contributed by atoms with Crippen molar-refractivity contribution in [3.05, 3.63) is 113 Å². The lowest BCUT2D eigenvalue weighted by atomic mass is 9.88. The number of rotatable bonds is 19. The van der Waals surface area contributed by atoms with E-state index in [9.17, 15) is 14.4 Å². The number of likely N-dealkylation sites (tertiary alicyclic amines) is 1. The molecule has 408 valence electrons. The number of sulfonamides is 2. The summed E-state index contributed by atoms with van der Waals surface area (Å²) < 4.78 is 94.0. The number of ether oxygens (including phenoxy) is 5. The quantitative estimate of drug-likeness (QED) is 0.0781.